The van der Waals surface area contributed by atoms with Gasteiger partial charge in [0.05, 0.1) is 13.2 Å². The molecule has 0 saturated carbocycles. The van der Waals surface area contributed by atoms with Crippen molar-refractivity contribution < 1.29 is 33.4 Å². The van der Waals surface area contributed by atoms with Crippen LogP contribution in [0.1, 0.15) is 40.4 Å². The largest absolute Gasteiger partial charge is 0.493 e. The van der Waals surface area contributed by atoms with E-state index in [0.29, 0.717) is 24.2 Å². The van der Waals surface area contributed by atoms with Crippen molar-refractivity contribution >= 4 is 24.1 Å². The van der Waals surface area contributed by atoms with E-state index in [2.05, 4.69) is 0 Å². The maximum atomic E-state index is 13.8. The fourth-order valence-corrected chi connectivity index (χ4v) is 5.22. The molecule has 1 heterocycles. The fourth-order valence-electron chi connectivity index (χ4n) is 5.22. The van der Waals surface area contributed by atoms with E-state index in [4.69, 9.17) is 14.2 Å². The summed E-state index contributed by atoms with van der Waals surface area (Å²) in [6.45, 7) is 4.05. The van der Waals surface area contributed by atoms with Crippen LogP contribution < -0.4 is 4.74 Å². The van der Waals surface area contributed by atoms with E-state index in [1.54, 1.807) is 25.1 Å². The lowest BCUT2D eigenvalue weighted by molar-refractivity contribution is -0.149. The van der Waals surface area contributed by atoms with Crippen molar-refractivity contribution in [2.45, 2.75) is 39.3 Å². The van der Waals surface area contributed by atoms with Gasteiger partial charge in [0.15, 0.2) is 5.78 Å². The first-order valence-corrected chi connectivity index (χ1v) is 13.8. The summed E-state index contributed by atoms with van der Waals surface area (Å²) >= 11 is 0. The van der Waals surface area contributed by atoms with Crippen molar-refractivity contribution in [2.75, 3.05) is 19.8 Å². The van der Waals surface area contributed by atoms with E-state index < -0.39 is 29.9 Å². The van der Waals surface area contributed by atoms with Crippen LogP contribution in [0.3, 0.4) is 0 Å². The van der Waals surface area contributed by atoms with Crippen LogP contribution in [0.4, 0.5) is 4.79 Å². The zero-order valence-corrected chi connectivity index (χ0v) is 23.4. The van der Waals surface area contributed by atoms with Crippen LogP contribution in [0.2, 0.25) is 0 Å². The number of amides is 1. The van der Waals surface area contributed by atoms with Crippen LogP contribution >= 0.6 is 0 Å². The number of ketones is 1. The van der Waals surface area contributed by atoms with Crippen LogP contribution in [-0.4, -0.2) is 54.8 Å². The summed E-state index contributed by atoms with van der Waals surface area (Å²) in [5.41, 5.74) is 3.16. The third-order valence-electron chi connectivity index (χ3n) is 7.28. The minimum absolute atomic E-state index is 0.00755. The summed E-state index contributed by atoms with van der Waals surface area (Å²) in [6, 6.07) is 23.2. The van der Waals surface area contributed by atoms with Gasteiger partial charge < -0.3 is 19.0 Å². The van der Waals surface area contributed by atoms with E-state index in [0.717, 1.165) is 17.5 Å². The number of esters is 1. The minimum Gasteiger partial charge on any atom is -0.493 e. The number of aryl methyl sites for hydroxylation is 1. The van der Waals surface area contributed by atoms with Crippen LogP contribution in [0.15, 0.2) is 78.9 Å². The van der Waals surface area contributed by atoms with Gasteiger partial charge in [-0.05, 0) is 48.7 Å². The monoisotopic (exact) mass is 557 g/mol. The highest BCUT2D eigenvalue weighted by molar-refractivity contribution is 6.00. The molecule has 3 aromatic carbocycles. The molecule has 214 valence electrons. The molecule has 0 spiro atoms. The van der Waals surface area contributed by atoms with Gasteiger partial charge in [-0.15, -0.1) is 0 Å². The maximum Gasteiger partial charge on any atom is 0.410 e. The van der Waals surface area contributed by atoms with Crippen molar-refractivity contribution in [3.05, 3.63) is 101 Å². The first-order valence-electron chi connectivity index (χ1n) is 13.8. The van der Waals surface area contributed by atoms with Crippen molar-refractivity contribution in [3.8, 4) is 5.75 Å². The minimum atomic E-state index is -1.11. The number of rotatable bonds is 12. The summed E-state index contributed by atoms with van der Waals surface area (Å²) in [5, 5.41) is 0. The molecule has 0 bridgehead atoms. The van der Waals surface area contributed by atoms with Crippen LogP contribution in [0.5, 0.6) is 5.75 Å². The second-order valence-corrected chi connectivity index (χ2v) is 9.99. The second kappa shape index (κ2) is 14.3. The smallest absolute Gasteiger partial charge is 0.410 e. The molecule has 1 saturated heterocycles. The highest BCUT2D eigenvalue weighted by Crippen LogP contribution is 2.36. The molecule has 0 radical (unpaired) electrons. The predicted octanol–water partition coefficient (Wildman–Crippen LogP) is 5.20. The topological polar surface area (TPSA) is 99.2 Å². The zero-order chi connectivity index (χ0) is 29.2. The Morgan fingerprint density at radius 1 is 0.927 bits per heavy atom. The van der Waals surface area contributed by atoms with E-state index in [-0.39, 0.29) is 32.0 Å². The lowest BCUT2D eigenvalue weighted by atomic mass is 9.83. The number of carbonyl (C=O) groups excluding carboxylic acids is 4. The Labute approximate surface area is 240 Å². The Morgan fingerprint density at radius 2 is 1.61 bits per heavy atom. The fraction of sp³-hybridized carbons (Fsp3) is 0.333. The van der Waals surface area contributed by atoms with Crippen LogP contribution in [0.25, 0.3) is 0 Å². The molecular weight excluding hydrogens is 522 g/mol. The first kappa shape index (κ1) is 29.5. The molecule has 41 heavy (non-hydrogen) atoms. The summed E-state index contributed by atoms with van der Waals surface area (Å²) in [7, 11) is 0. The highest BCUT2D eigenvalue weighted by Gasteiger charge is 2.51. The Balaban J connectivity index is 1.50. The molecule has 1 fully saturated rings. The number of likely N-dealkylation sites (tertiary alicyclic amines) is 1. The third kappa shape index (κ3) is 7.39. The van der Waals surface area contributed by atoms with Crippen molar-refractivity contribution in [2.24, 2.45) is 11.8 Å². The Kier molecular flexibility index (Phi) is 10.3. The van der Waals surface area contributed by atoms with Gasteiger partial charge in [-0.1, -0.05) is 60.7 Å². The van der Waals surface area contributed by atoms with Crippen LogP contribution in [0, 0.1) is 18.8 Å². The second-order valence-electron chi connectivity index (χ2n) is 9.99. The van der Waals surface area contributed by atoms with Gasteiger partial charge in [0.25, 0.3) is 0 Å². The summed E-state index contributed by atoms with van der Waals surface area (Å²) in [4.78, 5) is 52.9. The molecular formula is C33H35NO7. The van der Waals surface area contributed by atoms with Gasteiger partial charge in [0.1, 0.15) is 24.7 Å². The van der Waals surface area contributed by atoms with Gasteiger partial charge >= 0.3 is 12.1 Å². The number of ether oxygens (including phenoxy) is 3. The molecule has 1 amide bonds. The molecule has 8 nitrogen and oxygen atoms in total. The molecule has 0 unspecified atom stereocenters. The Bertz CT molecular complexity index is 1340. The predicted molar refractivity (Wildman–Crippen MR) is 153 cm³/mol. The molecule has 0 aromatic heterocycles. The standard InChI is InChI=1S/C33H35NO7/c1-3-39-32(37)30-27(16-18-35)28(21-34(30)33(38)41-22-25-12-8-5-9-13-25)31(36)26-14-15-29(23(2)20-26)40-19-17-24-10-6-4-7-11-24/h4-15,18,20,27-28,30H,3,16-17,19,21-22H2,1-2H3/t27-,28-,30-/m0/s1. The Hall–Kier alpha value is -4.46. The van der Waals surface area contributed by atoms with Crippen molar-refractivity contribution in [1.82, 2.24) is 4.90 Å². The molecule has 3 atom stereocenters. The molecule has 0 N–H and O–H groups in total. The molecule has 3 aromatic rings. The van der Waals surface area contributed by atoms with E-state index >= 15 is 0 Å². The maximum absolute atomic E-state index is 13.8. The normalized spacial score (nSPS) is 18.0. The summed E-state index contributed by atoms with van der Waals surface area (Å²) in [5.74, 6) is -1.79. The van der Waals surface area contributed by atoms with Gasteiger partial charge in [-0.2, -0.15) is 0 Å². The van der Waals surface area contributed by atoms with E-state index in [1.165, 1.54) is 10.5 Å². The number of aldehydes is 1. The number of carbonyl (C=O) groups is 4. The van der Waals surface area contributed by atoms with Gasteiger partial charge in [0, 0.05) is 36.8 Å². The molecule has 1 aliphatic rings. The lowest BCUT2D eigenvalue weighted by Crippen LogP contribution is -2.44. The molecule has 1 aliphatic heterocycles. The number of nitrogens with zero attached hydrogens (tertiary/aromatic N) is 1. The average molecular weight is 558 g/mol. The van der Waals surface area contributed by atoms with Crippen LogP contribution in [-0.2, 0) is 32.1 Å². The Morgan fingerprint density at radius 3 is 2.24 bits per heavy atom. The quantitative estimate of drug-likeness (QED) is 0.171. The third-order valence-corrected chi connectivity index (χ3v) is 7.28. The van der Waals surface area contributed by atoms with Gasteiger partial charge in [-0.25, -0.2) is 9.59 Å². The van der Waals surface area contributed by atoms with Gasteiger partial charge in [-0.3, -0.25) is 9.69 Å². The number of hydrogen-bond acceptors (Lipinski definition) is 7. The number of Topliss-reactive ketones (excluding diaryl/α,β-unsaturated/α-hetero) is 1. The molecule has 0 aliphatic carbocycles. The SMILES string of the molecule is CCOC(=O)[C@@H]1[C@@H](CC=O)[C@@H](C(=O)c2ccc(OCCc3ccccc3)c(C)c2)CN1C(=O)OCc1ccccc1. The summed E-state index contributed by atoms with van der Waals surface area (Å²) < 4.78 is 16.7. The molecule has 4 rings (SSSR count). The zero-order valence-electron chi connectivity index (χ0n) is 23.4. The molecule has 8 heteroatoms. The van der Waals surface area contributed by atoms with Crippen molar-refractivity contribution in [1.29, 1.82) is 0 Å². The lowest BCUT2D eigenvalue weighted by Gasteiger charge is -2.25. The van der Waals surface area contributed by atoms with Gasteiger partial charge in [0.2, 0.25) is 0 Å². The van der Waals surface area contributed by atoms with E-state index in [9.17, 15) is 19.2 Å². The highest BCUT2D eigenvalue weighted by atomic mass is 16.6. The van der Waals surface area contributed by atoms with E-state index in [1.807, 2.05) is 67.6 Å². The average Bonchev–Trinajstić information content (AvgIpc) is 3.37. The first-order chi connectivity index (χ1) is 19.9. The summed E-state index contributed by atoms with van der Waals surface area (Å²) in [6.07, 6.45) is 0.603. The van der Waals surface area contributed by atoms with Crippen molar-refractivity contribution in [3.63, 3.8) is 0 Å². The number of hydrogen-bond donors (Lipinski definition) is 0. The number of benzene rings is 3.